The van der Waals surface area contributed by atoms with E-state index in [9.17, 15) is 9.59 Å². The van der Waals surface area contributed by atoms with Crippen molar-refractivity contribution in [2.24, 2.45) is 0 Å². The Kier molecular flexibility index (Phi) is 4.97. The highest BCUT2D eigenvalue weighted by molar-refractivity contribution is 9.15. The van der Waals surface area contributed by atoms with Crippen LogP contribution >= 0.6 is 31.9 Å². The molecule has 24 heavy (non-hydrogen) atoms. The van der Waals surface area contributed by atoms with E-state index in [-0.39, 0.29) is 21.8 Å². The van der Waals surface area contributed by atoms with Gasteiger partial charge in [0.25, 0.3) is 11.1 Å². The van der Waals surface area contributed by atoms with Gasteiger partial charge < -0.3 is 9.97 Å². The average molecular weight is 448 g/mol. The van der Waals surface area contributed by atoms with Crippen LogP contribution in [0.3, 0.4) is 0 Å². The van der Waals surface area contributed by atoms with Crippen molar-refractivity contribution in [3.8, 4) is 0 Å². The first-order chi connectivity index (χ1) is 11.6. The topological polar surface area (TPSA) is 65.7 Å². The fourth-order valence-corrected chi connectivity index (χ4v) is 3.32. The second kappa shape index (κ2) is 7.15. The maximum atomic E-state index is 12.4. The molecule has 3 aromatic rings. The molecule has 3 rings (SSSR count). The van der Waals surface area contributed by atoms with Crippen LogP contribution in [0, 0.1) is 0 Å². The van der Waals surface area contributed by atoms with Gasteiger partial charge in [-0.1, -0.05) is 60.7 Å². The Morgan fingerprint density at radius 3 is 1.29 bits per heavy atom. The van der Waals surface area contributed by atoms with Crippen LogP contribution in [0.4, 0.5) is 0 Å². The monoisotopic (exact) mass is 446 g/mol. The van der Waals surface area contributed by atoms with Crippen LogP contribution in [0.2, 0.25) is 0 Å². The lowest BCUT2D eigenvalue weighted by molar-refractivity contribution is 1.000. The Bertz CT molecular complexity index is 1010. The standard InChI is InChI=1S/C18H12Br2N2O2/c19-13(11-7-3-1-4-8-11)15-17(23)22-16(18(24)21-15)14(20)12-9-5-2-6-10-12/h1-10H,(H,21,24)(H,22,23). The van der Waals surface area contributed by atoms with Crippen LogP contribution in [-0.2, 0) is 0 Å². The minimum absolute atomic E-state index is 0.184. The van der Waals surface area contributed by atoms with Crippen LogP contribution in [0.5, 0.6) is 0 Å². The SMILES string of the molecule is O=c1[nH]c(=C(Br)c2ccccc2)c(=O)[nH]c1=C(Br)c1ccccc1. The number of hydrogen-bond acceptors (Lipinski definition) is 2. The third kappa shape index (κ3) is 3.34. The van der Waals surface area contributed by atoms with Gasteiger partial charge in [0.1, 0.15) is 10.7 Å². The smallest absolute Gasteiger partial charge is 0.273 e. The highest BCUT2D eigenvalue weighted by Gasteiger charge is 2.06. The molecule has 0 aliphatic rings. The van der Waals surface area contributed by atoms with E-state index in [2.05, 4.69) is 41.8 Å². The largest absolute Gasteiger partial charge is 0.315 e. The Labute approximate surface area is 153 Å². The van der Waals surface area contributed by atoms with Gasteiger partial charge in [-0.2, -0.15) is 0 Å². The van der Waals surface area contributed by atoms with E-state index in [1.807, 2.05) is 60.7 Å². The molecule has 120 valence electrons. The molecule has 0 spiro atoms. The Hall–Kier alpha value is -2.18. The number of benzene rings is 2. The Morgan fingerprint density at radius 2 is 0.958 bits per heavy atom. The van der Waals surface area contributed by atoms with Gasteiger partial charge in [0.15, 0.2) is 0 Å². The van der Waals surface area contributed by atoms with Gasteiger partial charge in [0, 0.05) is 0 Å². The van der Waals surface area contributed by atoms with Crippen molar-refractivity contribution in [1.82, 2.24) is 9.97 Å². The average Bonchev–Trinajstić information content (AvgIpc) is 2.63. The van der Waals surface area contributed by atoms with E-state index >= 15 is 0 Å². The molecular formula is C18H12Br2N2O2. The lowest BCUT2D eigenvalue weighted by Gasteiger charge is -2.01. The van der Waals surface area contributed by atoms with E-state index in [4.69, 9.17) is 0 Å². The molecule has 1 aromatic heterocycles. The van der Waals surface area contributed by atoms with Crippen LogP contribution in [0.1, 0.15) is 11.1 Å². The van der Waals surface area contributed by atoms with Crippen LogP contribution in [0.15, 0.2) is 70.3 Å². The molecule has 0 aliphatic heterocycles. The van der Waals surface area contributed by atoms with Crippen molar-refractivity contribution in [2.45, 2.75) is 0 Å². The maximum Gasteiger partial charge on any atom is 0.273 e. The normalized spacial score (nSPS) is 13.4. The number of hydrogen-bond donors (Lipinski definition) is 2. The molecule has 1 heterocycles. The van der Waals surface area contributed by atoms with E-state index in [0.717, 1.165) is 11.1 Å². The molecule has 0 fully saturated rings. The lowest BCUT2D eigenvalue weighted by atomic mass is 10.2. The number of H-pyrrole nitrogens is 2. The number of rotatable bonds is 2. The summed E-state index contributed by atoms with van der Waals surface area (Å²) in [5.74, 6) is 0. The van der Waals surface area contributed by atoms with Gasteiger partial charge in [0.2, 0.25) is 0 Å². The summed E-state index contributed by atoms with van der Waals surface area (Å²) in [5, 5.41) is 0.367. The zero-order chi connectivity index (χ0) is 17.1. The van der Waals surface area contributed by atoms with Crippen molar-refractivity contribution < 1.29 is 0 Å². The molecule has 0 saturated carbocycles. The molecule has 0 atom stereocenters. The molecule has 2 N–H and O–H groups in total. The molecule has 0 radical (unpaired) electrons. The number of aromatic nitrogens is 2. The van der Waals surface area contributed by atoms with Crippen molar-refractivity contribution in [2.75, 3.05) is 0 Å². The van der Waals surface area contributed by atoms with Gasteiger partial charge in [-0.15, -0.1) is 0 Å². The molecule has 0 unspecified atom stereocenters. The van der Waals surface area contributed by atoms with Gasteiger partial charge >= 0.3 is 0 Å². The van der Waals surface area contributed by atoms with E-state index in [1.54, 1.807) is 0 Å². The Morgan fingerprint density at radius 1 is 0.625 bits per heavy atom. The molecular weight excluding hydrogens is 436 g/mol. The van der Waals surface area contributed by atoms with Crippen molar-refractivity contribution in [3.63, 3.8) is 0 Å². The van der Waals surface area contributed by atoms with Gasteiger partial charge in [-0.25, -0.2) is 0 Å². The van der Waals surface area contributed by atoms with Gasteiger partial charge in [-0.05, 0) is 43.0 Å². The summed E-state index contributed by atoms with van der Waals surface area (Å²) in [6.45, 7) is 0. The Balaban J connectivity index is 2.29. The third-order valence-corrected chi connectivity index (χ3v) is 5.13. The molecule has 4 nitrogen and oxygen atoms in total. The number of halogens is 2. The fraction of sp³-hybridized carbons (Fsp3) is 0. The second-order valence-electron chi connectivity index (χ2n) is 5.02. The summed E-state index contributed by atoms with van der Waals surface area (Å²) >= 11 is 6.79. The zero-order valence-electron chi connectivity index (χ0n) is 12.3. The third-order valence-electron chi connectivity index (χ3n) is 3.42. The fourth-order valence-electron chi connectivity index (χ4n) is 2.23. The summed E-state index contributed by atoms with van der Waals surface area (Å²) in [6, 6.07) is 18.6. The van der Waals surface area contributed by atoms with Crippen LogP contribution in [-0.4, -0.2) is 9.97 Å². The number of aromatic amines is 2. The maximum absolute atomic E-state index is 12.4. The molecule has 0 saturated heterocycles. The van der Waals surface area contributed by atoms with Gasteiger partial charge in [0.05, 0.1) is 8.96 Å². The molecule has 0 amide bonds. The first-order valence-electron chi connectivity index (χ1n) is 7.11. The summed E-state index contributed by atoms with van der Waals surface area (Å²) in [7, 11) is 0. The first-order valence-corrected chi connectivity index (χ1v) is 8.69. The molecule has 2 aromatic carbocycles. The summed E-state index contributed by atoms with van der Waals surface area (Å²) in [4.78, 5) is 30.2. The molecule has 0 aliphatic carbocycles. The highest BCUT2D eigenvalue weighted by atomic mass is 79.9. The van der Waals surface area contributed by atoms with E-state index < -0.39 is 0 Å². The highest BCUT2D eigenvalue weighted by Crippen LogP contribution is 2.16. The minimum Gasteiger partial charge on any atom is -0.315 e. The summed E-state index contributed by atoms with van der Waals surface area (Å²) in [6.07, 6.45) is 0. The van der Waals surface area contributed by atoms with Crippen molar-refractivity contribution in [3.05, 3.63) is 103 Å². The zero-order valence-corrected chi connectivity index (χ0v) is 15.5. The minimum atomic E-state index is -0.381. The van der Waals surface area contributed by atoms with Crippen LogP contribution in [0.25, 0.3) is 8.96 Å². The van der Waals surface area contributed by atoms with Crippen LogP contribution < -0.4 is 21.8 Å². The predicted octanol–water partition coefficient (Wildman–Crippen LogP) is 2.17. The first kappa shape index (κ1) is 16.7. The molecule has 0 bridgehead atoms. The van der Waals surface area contributed by atoms with Crippen molar-refractivity contribution in [1.29, 1.82) is 0 Å². The molecule has 6 heteroatoms. The predicted molar refractivity (Wildman–Crippen MR) is 103 cm³/mol. The summed E-state index contributed by atoms with van der Waals surface area (Å²) in [5.41, 5.74) is 0.844. The van der Waals surface area contributed by atoms with Gasteiger partial charge in [-0.3, -0.25) is 9.59 Å². The number of nitrogens with one attached hydrogen (secondary N) is 2. The second-order valence-corrected chi connectivity index (χ2v) is 6.60. The van der Waals surface area contributed by atoms with E-state index in [0.29, 0.717) is 8.96 Å². The quantitative estimate of drug-likeness (QED) is 0.632. The lowest BCUT2D eigenvalue weighted by Crippen LogP contribution is -2.48. The summed E-state index contributed by atoms with van der Waals surface area (Å²) < 4.78 is 1.06. The van der Waals surface area contributed by atoms with E-state index in [1.165, 1.54) is 0 Å². The van der Waals surface area contributed by atoms with Crippen molar-refractivity contribution >= 4 is 40.8 Å².